The highest BCUT2D eigenvalue weighted by molar-refractivity contribution is 5.94. The molecule has 2 bridgehead atoms. The number of ether oxygens (including phenoxy) is 1. The molecule has 130 valence electrons. The van der Waals surface area contributed by atoms with Crippen LogP contribution in [-0.2, 0) is 9.53 Å². The molecule has 2 saturated carbocycles. The fourth-order valence-corrected chi connectivity index (χ4v) is 5.31. The van der Waals surface area contributed by atoms with Crippen LogP contribution in [0.2, 0.25) is 0 Å². The maximum atomic E-state index is 12.9. The summed E-state index contributed by atoms with van der Waals surface area (Å²) in [5.74, 6) is -0.383. The predicted molar refractivity (Wildman–Crippen MR) is 85.5 cm³/mol. The van der Waals surface area contributed by atoms with Gasteiger partial charge in [-0.1, -0.05) is 34.6 Å². The van der Waals surface area contributed by atoms with E-state index < -0.39 is 18.1 Å². The summed E-state index contributed by atoms with van der Waals surface area (Å²) in [7, 11) is 0. The first kappa shape index (κ1) is 16.7. The third kappa shape index (κ3) is 2.08. The van der Waals surface area contributed by atoms with E-state index in [1.807, 2.05) is 13.8 Å². The Morgan fingerprint density at radius 3 is 2.57 bits per heavy atom. The molecule has 1 spiro atoms. The van der Waals surface area contributed by atoms with Crippen molar-refractivity contribution >= 4 is 12.0 Å². The number of carbonyl (C=O) groups is 2. The topological polar surface area (TPSA) is 66.8 Å². The number of hydrogen-bond acceptors (Lipinski definition) is 4. The molecule has 3 rings (SSSR count). The van der Waals surface area contributed by atoms with Crippen molar-refractivity contribution in [2.45, 2.75) is 66.0 Å². The lowest BCUT2D eigenvalue weighted by molar-refractivity contribution is -0.150. The second-order valence-electron chi connectivity index (χ2n) is 8.65. The molecule has 1 N–H and O–H groups in total. The molecule has 0 radical (unpaired) electrons. The van der Waals surface area contributed by atoms with E-state index in [0.717, 1.165) is 19.3 Å². The zero-order valence-corrected chi connectivity index (χ0v) is 14.8. The van der Waals surface area contributed by atoms with Gasteiger partial charge < -0.3 is 9.84 Å². The van der Waals surface area contributed by atoms with Crippen LogP contribution in [0.15, 0.2) is 0 Å². The highest BCUT2D eigenvalue weighted by Gasteiger charge is 2.69. The number of cyclic esters (lactones) is 1. The number of nitrogens with zero attached hydrogens (tertiary/aromatic N) is 1. The van der Waals surface area contributed by atoms with Gasteiger partial charge in [0.25, 0.3) is 0 Å². The molecule has 0 unspecified atom stereocenters. The number of carbonyl (C=O) groups excluding carboxylic acids is 2. The zero-order chi connectivity index (χ0) is 17.2. The first-order chi connectivity index (χ1) is 10.6. The van der Waals surface area contributed by atoms with E-state index in [1.54, 1.807) is 6.92 Å². The maximum Gasteiger partial charge on any atom is 0.416 e. The molecular weight excluding hydrogens is 294 g/mol. The van der Waals surface area contributed by atoms with Gasteiger partial charge >= 0.3 is 6.09 Å². The molecule has 5 heteroatoms. The van der Waals surface area contributed by atoms with Crippen LogP contribution < -0.4 is 0 Å². The lowest BCUT2D eigenvalue weighted by Gasteiger charge is -2.49. The molecule has 2 amide bonds. The lowest BCUT2D eigenvalue weighted by atomic mass is 9.67. The van der Waals surface area contributed by atoms with Crippen LogP contribution in [-0.4, -0.2) is 40.8 Å². The Labute approximate surface area is 138 Å². The van der Waals surface area contributed by atoms with Gasteiger partial charge in [0.2, 0.25) is 5.91 Å². The van der Waals surface area contributed by atoms with E-state index in [4.69, 9.17) is 4.74 Å². The van der Waals surface area contributed by atoms with E-state index in [1.165, 1.54) is 4.90 Å². The Morgan fingerprint density at radius 1 is 1.35 bits per heavy atom. The molecule has 2 aliphatic carbocycles. The monoisotopic (exact) mass is 323 g/mol. The third-order valence-electron chi connectivity index (χ3n) is 7.17. The summed E-state index contributed by atoms with van der Waals surface area (Å²) in [4.78, 5) is 26.7. The summed E-state index contributed by atoms with van der Waals surface area (Å²) >= 11 is 0. The Kier molecular flexibility index (Phi) is 3.79. The van der Waals surface area contributed by atoms with Crippen molar-refractivity contribution in [2.75, 3.05) is 6.61 Å². The molecule has 1 aliphatic heterocycles. The van der Waals surface area contributed by atoms with Crippen molar-refractivity contribution in [2.24, 2.45) is 28.6 Å². The molecule has 5 atom stereocenters. The first-order valence-corrected chi connectivity index (χ1v) is 8.81. The number of amides is 2. The maximum absolute atomic E-state index is 12.9. The van der Waals surface area contributed by atoms with Crippen LogP contribution >= 0.6 is 0 Å². The quantitative estimate of drug-likeness (QED) is 0.867. The second-order valence-corrected chi connectivity index (χ2v) is 8.65. The highest BCUT2D eigenvalue weighted by atomic mass is 16.6. The van der Waals surface area contributed by atoms with E-state index in [0.29, 0.717) is 12.5 Å². The third-order valence-corrected chi connectivity index (χ3v) is 7.17. The lowest BCUT2D eigenvalue weighted by Crippen LogP contribution is -2.61. The van der Waals surface area contributed by atoms with Gasteiger partial charge in [0.05, 0.1) is 18.1 Å². The second kappa shape index (κ2) is 5.20. The number of aliphatic hydroxyl groups is 1. The molecule has 23 heavy (non-hydrogen) atoms. The van der Waals surface area contributed by atoms with Gasteiger partial charge in [-0.25, -0.2) is 9.69 Å². The number of aliphatic hydroxyl groups excluding tert-OH is 1. The number of imide groups is 1. The molecule has 1 saturated heterocycles. The minimum atomic E-state index is -0.750. The van der Waals surface area contributed by atoms with Crippen LogP contribution in [0, 0.1) is 28.6 Å². The summed E-state index contributed by atoms with van der Waals surface area (Å²) in [6.07, 6.45) is 1.75. The predicted octanol–water partition coefficient (Wildman–Crippen LogP) is 2.81. The van der Waals surface area contributed by atoms with Crippen molar-refractivity contribution in [3.63, 3.8) is 0 Å². The molecule has 0 aromatic carbocycles. The largest absolute Gasteiger partial charge is 0.448 e. The van der Waals surface area contributed by atoms with Crippen molar-refractivity contribution in [3.05, 3.63) is 0 Å². The first-order valence-electron chi connectivity index (χ1n) is 8.81. The Balaban J connectivity index is 1.90. The van der Waals surface area contributed by atoms with Gasteiger partial charge in [-0.3, -0.25) is 4.79 Å². The van der Waals surface area contributed by atoms with Crippen LogP contribution in [0.1, 0.15) is 53.9 Å². The minimum Gasteiger partial charge on any atom is -0.448 e. The number of hydrogen-bond donors (Lipinski definition) is 1. The van der Waals surface area contributed by atoms with Gasteiger partial charge in [0.15, 0.2) is 0 Å². The molecule has 3 aliphatic rings. The molecular formula is C18H29NO4. The summed E-state index contributed by atoms with van der Waals surface area (Å²) in [5, 5.41) is 10.3. The molecule has 1 heterocycles. The van der Waals surface area contributed by atoms with Gasteiger partial charge in [-0.2, -0.15) is 0 Å². The standard InChI is InChI=1S/C18H29NO4/c1-10(2)14(20)11(3)15(21)19-13-8-12-6-7-18(13,17(12,4)5)9-23-16(19)22/h10-14,20H,6-9H2,1-5H3/t11-,12+,13+,14+,18+/m0/s1. The van der Waals surface area contributed by atoms with Gasteiger partial charge in [0, 0.05) is 5.41 Å². The normalized spacial score (nSPS) is 37.5. The summed E-state index contributed by atoms with van der Waals surface area (Å²) < 4.78 is 5.46. The smallest absolute Gasteiger partial charge is 0.416 e. The van der Waals surface area contributed by atoms with Crippen molar-refractivity contribution in [1.29, 1.82) is 0 Å². The van der Waals surface area contributed by atoms with E-state index in [-0.39, 0.29) is 28.7 Å². The average Bonchev–Trinajstić information content (AvgIpc) is 2.87. The summed E-state index contributed by atoms with van der Waals surface area (Å²) in [5.41, 5.74) is -0.0411. The van der Waals surface area contributed by atoms with Gasteiger partial charge in [0.1, 0.15) is 6.61 Å². The van der Waals surface area contributed by atoms with Crippen molar-refractivity contribution in [1.82, 2.24) is 4.90 Å². The van der Waals surface area contributed by atoms with Crippen LogP contribution in [0.5, 0.6) is 0 Å². The van der Waals surface area contributed by atoms with Crippen molar-refractivity contribution in [3.8, 4) is 0 Å². The van der Waals surface area contributed by atoms with Gasteiger partial charge in [-0.05, 0) is 36.5 Å². The Morgan fingerprint density at radius 2 is 2.00 bits per heavy atom. The van der Waals surface area contributed by atoms with Crippen LogP contribution in [0.25, 0.3) is 0 Å². The Hall–Kier alpha value is -1.10. The summed E-state index contributed by atoms with van der Waals surface area (Å²) in [6, 6.07) is -0.0770. The van der Waals surface area contributed by atoms with Crippen molar-refractivity contribution < 1.29 is 19.4 Å². The number of rotatable bonds is 3. The molecule has 5 nitrogen and oxygen atoms in total. The molecule has 3 fully saturated rings. The minimum absolute atomic E-state index is 0.0276. The summed E-state index contributed by atoms with van der Waals surface area (Å²) in [6.45, 7) is 10.4. The van der Waals surface area contributed by atoms with E-state index in [2.05, 4.69) is 13.8 Å². The number of fused-ring (bicyclic) bond motifs is 1. The van der Waals surface area contributed by atoms with E-state index in [9.17, 15) is 14.7 Å². The van der Waals surface area contributed by atoms with Gasteiger partial charge in [-0.15, -0.1) is 0 Å². The Bertz CT molecular complexity index is 529. The zero-order valence-electron chi connectivity index (χ0n) is 14.8. The van der Waals surface area contributed by atoms with E-state index >= 15 is 0 Å². The van der Waals surface area contributed by atoms with Crippen LogP contribution in [0.4, 0.5) is 4.79 Å². The highest BCUT2D eigenvalue weighted by Crippen LogP contribution is 2.68. The average molecular weight is 323 g/mol. The fraction of sp³-hybridized carbons (Fsp3) is 0.889. The SMILES string of the molecule is CC(C)[C@@H](O)[C@H](C)C(=O)N1C(=O)OC[C@]23CC[C@H](C[C@@H]12)C3(C)C. The molecule has 0 aromatic rings. The molecule has 0 aromatic heterocycles. The van der Waals surface area contributed by atoms with Crippen LogP contribution in [0.3, 0.4) is 0 Å². The fourth-order valence-electron chi connectivity index (χ4n) is 5.31.